The zero-order valence-electron chi connectivity index (χ0n) is 15.2. The Hall–Kier alpha value is -1.59. The number of carbonyl (C=O) groups excluding carboxylic acids is 1. The van der Waals surface area contributed by atoms with Crippen LogP contribution in [0.2, 0.25) is 0 Å². The van der Waals surface area contributed by atoms with E-state index in [0.29, 0.717) is 19.3 Å². The van der Waals surface area contributed by atoms with Crippen LogP contribution in [0.25, 0.3) is 0 Å². The van der Waals surface area contributed by atoms with Gasteiger partial charge in [0.05, 0.1) is 6.10 Å². The Labute approximate surface area is 150 Å². The normalized spacial score (nSPS) is 20.8. The molecule has 1 saturated heterocycles. The lowest BCUT2D eigenvalue weighted by Crippen LogP contribution is -2.46. The number of hydrogen-bond acceptors (Lipinski definition) is 3. The van der Waals surface area contributed by atoms with E-state index in [1.807, 2.05) is 11.9 Å². The van der Waals surface area contributed by atoms with Crippen LogP contribution in [0.4, 0.5) is 4.79 Å². The van der Waals surface area contributed by atoms with E-state index in [9.17, 15) is 4.79 Å². The number of likely N-dealkylation sites (N-methyl/N-ethyl adjacent to an activating group) is 1. The van der Waals surface area contributed by atoms with Crippen molar-refractivity contribution >= 4 is 6.03 Å². The minimum atomic E-state index is 0.0236. The molecule has 0 spiro atoms. The number of rotatable bonds is 6. The maximum atomic E-state index is 12.4. The molecule has 1 heterocycles. The number of fused-ring (bicyclic) bond motifs is 1. The minimum absolute atomic E-state index is 0.0236. The molecule has 5 nitrogen and oxygen atoms in total. The van der Waals surface area contributed by atoms with Crippen LogP contribution in [0.3, 0.4) is 0 Å². The minimum Gasteiger partial charge on any atom is -0.381 e. The first-order chi connectivity index (χ1) is 12.2. The molecular weight excluding hydrogens is 316 g/mol. The molecule has 0 aromatic heterocycles. The summed E-state index contributed by atoms with van der Waals surface area (Å²) in [6.45, 7) is 2.97. The van der Waals surface area contributed by atoms with E-state index >= 15 is 0 Å². The topological polar surface area (TPSA) is 50.8 Å². The fourth-order valence-electron chi connectivity index (χ4n) is 3.66. The van der Waals surface area contributed by atoms with Crippen LogP contribution in [0.15, 0.2) is 24.3 Å². The third-order valence-electron chi connectivity index (χ3n) is 5.31. The van der Waals surface area contributed by atoms with Crippen LogP contribution in [-0.2, 0) is 22.3 Å². The highest BCUT2D eigenvalue weighted by Crippen LogP contribution is 2.23. The Balaban J connectivity index is 1.34. The largest absolute Gasteiger partial charge is 0.381 e. The van der Waals surface area contributed by atoms with Crippen LogP contribution >= 0.6 is 0 Å². The van der Waals surface area contributed by atoms with E-state index in [2.05, 4.69) is 29.6 Å². The lowest BCUT2D eigenvalue weighted by atomic mass is 9.88. The van der Waals surface area contributed by atoms with E-state index in [-0.39, 0.29) is 12.1 Å². The SMILES string of the molecule is CN(C(=O)NCCCOC1CCOCC1)[C@@H]1CCc2ccccc2C1. The van der Waals surface area contributed by atoms with Gasteiger partial charge in [-0.15, -0.1) is 0 Å². The molecule has 0 saturated carbocycles. The zero-order chi connectivity index (χ0) is 17.5. The maximum Gasteiger partial charge on any atom is 0.317 e. The smallest absolute Gasteiger partial charge is 0.317 e. The van der Waals surface area contributed by atoms with Gasteiger partial charge >= 0.3 is 6.03 Å². The average Bonchev–Trinajstić information content (AvgIpc) is 2.67. The van der Waals surface area contributed by atoms with Crippen molar-refractivity contribution in [3.05, 3.63) is 35.4 Å². The van der Waals surface area contributed by atoms with Gasteiger partial charge in [0, 0.05) is 39.5 Å². The molecule has 1 fully saturated rings. The Morgan fingerprint density at radius 3 is 2.80 bits per heavy atom. The molecule has 1 aliphatic carbocycles. The number of nitrogens with zero attached hydrogens (tertiary/aromatic N) is 1. The Bertz CT molecular complexity index is 558. The third-order valence-corrected chi connectivity index (χ3v) is 5.31. The van der Waals surface area contributed by atoms with E-state index in [1.54, 1.807) is 0 Å². The average molecular weight is 346 g/mol. The molecule has 2 amide bonds. The van der Waals surface area contributed by atoms with Crippen molar-refractivity contribution in [3.63, 3.8) is 0 Å². The first-order valence-electron chi connectivity index (χ1n) is 9.51. The molecule has 1 atom stereocenters. The lowest BCUT2D eigenvalue weighted by molar-refractivity contribution is -0.0321. The van der Waals surface area contributed by atoms with Gasteiger partial charge in [-0.2, -0.15) is 0 Å². The van der Waals surface area contributed by atoms with Crippen molar-refractivity contribution in [3.8, 4) is 0 Å². The van der Waals surface area contributed by atoms with Gasteiger partial charge in [0.25, 0.3) is 0 Å². The molecule has 1 aliphatic heterocycles. The Morgan fingerprint density at radius 2 is 2.00 bits per heavy atom. The van der Waals surface area contributed by atoms with Gasteiger partial charge in [0.2, 0.25) is 0 Å². The molecule has 138 valence electrons. The highest BCUT2D eigenvalue weighted by molar-refractivity contribution is 5.74. The van der Waals surface area contributed by atoms with Crippen molar-refractivity contribution in [2.45, 2.75) is 50.7 Å². The molecule has 25 heavy (non-hydrogen) atoms. The number of carbonyl (C=O) groups is 1. The van der Waals surface area contributed by atoms with Crippen molar-refractivity contribution in [1.82, 2.24) is 10.2 Å². The van der Waals surface area contributed by atoms with E-state index in [1.165, 1.54) is 11.1 Å². The van der Waals surface area contributed by atoms with Crippen molar-refractivity contribution in [1.29, 1.82) is 0 Å². The second kappa shape index (κ2) is 9.20. The molecule has 5 heteroatoms. The fourth-order valence-corrected chi connectivity index (χ4v) is 3.66. The maximum absolute atomic E-state index is 12.4. The van der Waals surface area contributed by atoms with Crippen molar-refractivity contribution in [2.75, 3.05) is 33.4 Å². The van der Waals surface area contributed by atoms with Gasteiger partial charge in [0.1, 0.15) is 0 Å². The van der Waals surface area contributed by atoms with Crippen LogP contribution in [0.5, 0.6) is 0 Å². The monoisotopic (exact) mass is 346 g/mol. The van der Waals surface area contributed by atoms with Crippen LogP contribution < -0.4 is 5.32 Å². The van der Waals surface area contributed by atoms with Crippen LogP contribution in [-0.4, -0.2) is 56.5 Å². The molecule has 0 unspecified atom stereocenters. The molecular formula is C20H30N2O3. The zero-order valence-corrected chi connectivity index (χ0v) is 15.2. The first-order valence-corrected chi connectivity index (χ1v) is 9.51. The summed E-state index contributed by atoms with van der Waals surface area (Å²) in [4.78, 5) is 14.2. The molecule has 1 aromatic carbocycles. The Morgan fingerprint density at radius 1 is 1.24 bits per heavy atom. The molecule has 2 aliphatic rings. The number of urea groups is 1. The second-order valence-corrected chi connectivity index (χ2v) is 7.04. The quantitative estimate of drug-likeness (QED) is 0.806. The summed E-state index contributed by atoms with van der Waals surface area (Å²) in [6.07, 6.45) is 6.19. The van der Waals surface area contributed by atoms with Crippen molar-refractivity contribution < 1.29 is 14.3 Å². The summed E-state index contributed by atoms with van der Waals surface area (Å²) in [6, 6.07) is 8.87. The standard InChI is InChI=1S/C20H30N2O3/c1-22(18-8-7-16-5-2-3-6-17(16)15-18)20(23)21-11-4-12-25-19-9-13-24-14-10-19/h2-3,5-6,18-19H,4,7-15H2,1H3,(H,21,23)/t18-/m1/s1. The Kier molecular flexibility index (Phi) is 6.70. The van der Waals surface area contributed by atoms with Gasteiger partial charge < -0.3 is 19.7 Å². The molecule has 0 bridgehead atoms. The summed E-state index contributed by atoms with van der Waals surface area (Å²) >= 11 is 0. The number of aryl methyl sites for hydroxylation is 1. The highest BCUT2D eigenvalue weighted by atomic mass is 16.5. The number of nitrogens with one attached hydrogen (secondary N) is 1. The summed E-state index contributed by atoms with van der Waals surface area (Å²) in [5.41, 5.74) is 2.81. The number of ether oxygens (including phenoxy) is 2. The summed E-state index contributed by atoms with van der Waals surface area (Å²) < 4.78 is 11.2. The number of amides is 2. The molecule has 1 aromatic rings. The van der Waals surface area contributed by atoms with Gasteiger partial charge in [-0.25, -0.2) is 4.79 Å². The molecule has 3 rings (SSSR count). The fraction of sp³-hybridized carbons (Fsp3) is 0.650. The van der Waals surface area contributed by atoms with E-state index < -0.39 is 0 Å². The predicted octanol–water partition coefficient (Wildman–Crippen LogP) is 2.77. The summed E-state index contributed by atoms with van der Waals surface area (Å²) in [5.74, 6) is 0. The summed E-state index contributed by atoms with van der Waals surface area (Å²) in [7, 11) is 1.91. The van der Waals surface area contributed by atoms with E-state index in [4.69, 9.17) is 9.47 Å². The van der Waals surface area contributed by atoms with Crippen LogP contribution in [0.1, 0.15) is 36.8 Å². The van der Waals surface area contributed by atoms with E-state index in [0.717, 1.165) is 51.7 Å². The molecule has 1 N–H and O–H groups in total. The van der Waals surface area contributed by atoms with Gasteiger partial charge in [-0.3, -0.25) is 0 Å². The third kappa shape index (κ3) is 5.19. The second-order valence-electron chi connectivity index (χ2n) is 7.04. The van der Waals surface area contributed by atoms with Crippen LogP contribution in [0, 0.1) is 0 Å². The van der Waals surface area contributed by atoms with Gasteiger partial charge in [-0.1, -0.05) is 24.3 Å². The number of hydrogen-bond donors (Lipinski definition) is 1. The first kappa shape index (κ1) is 18.2. The van der Waals surface area contributed by atoms with Gasteiger partial charge in [-0.05, 0) is 49.7 Å². The summed E-state index contributed by atoms with van der Waals surface area (Å²) in [5, 5.41) is 3.02. The van der Waals surface area contributed by atoms with Crippen molar-refractivity contribution in [2.24, 2.45) is 0 Å². The lowest BCUT2D eigenvalue weighted by Gasteiger charge is -2.32. The predicted molar refractivity (Wildman–Crippen MR) is 97.8 cm³/mol. The highest BCUT2D eigenvalue weighted by Gasteiger charge is 2.24. The number of benzene rings is 1. The van der Waals surface area contributed by atoms with Gasteiger partial charge in [0.15, 0.2) is 0 Å². The molecule has 0 radical (unpaired) electrons.